The summed E-state index contributed by atoms with van der Waals surface area (Å²) in [6, 6.07) is 2.02. The third-order valence-electron chi connectivity index (χ3n) is 5.39. The topological polar surface area (TPSA) is 97.0 Å². The van der Waals surface area contributed by atoms with Gasteiger partial charge in [0.2, 0.25) is 11.6 Å². The Morgan fingerprint density at radius 2 is 1.52 bits per heavy atom. The van der Waals surface area contributed by atoms with E-state index in [1.807, 2.05) is 6.07 Å². The zero-order valence-electron chi connectivity index (χ0n) is 16.1. The summed E-state index contributed by atoms with van der Waals surface area (Å²) in [4.78, 5) is 18.9. The van der Waals surface area contributed by atoms with Crippen molar-refractivity contribution in [3.8, 4) is 11.9 Å². The number of piperidine rings is 1. The van der Waals surface area contributed by atoms with Gasteiger partial charge in [-0.2, -0.15) is 5.26 Å². The molecule has 0 unspecified atom stereocenters. The van der Waals surface area contributed by atoms with E-state index in [0.29, 0.717) is 10.9 Å². The van der Waals surface area contributed by atoms with Crippen LogP contribution in [-0.2, 0) is 4.74 Å². The highest BCUT2D eigenvalue weighted by Gasteiger charge is 2.28. The average molecular weight is 415 g/mol. The van der Waals surface area contributed by atoms with Crippen LogP contribution in [0.2, 0.25) is 5.02 Å². The van der Waals surface area contributed by atoms with Crippen molar-refractivity contribution >= 4 is 17.5 Å². The average Bonchev–Trinajstić information content (AvgIpc) is 2.77. The molecule has 1 saturated heterocycles. The molecular formula is C20H23ClN6O2. The van der Waals surface area contributed by atoms with Crippen LogP contribution in [0, 0.1) is 11.3 Å². The van der Waals surface area contributed by atoms with Gasteiger partial charge in [0.1, 0.15) is 12.2 Å². The lowest BCUT2D eigenvalue weighted by Crippen LogP contribution is -2.40. The molecule has 9 heteroatoms. The summed E-state index contributed by atoms with van der Waals surface area (Å²) >= 11 is 5.86. The number of halogens is 1. The normalized spacial score (nSPS) is 22.8. The Kier molecular flexibility index (Phi) is 6.37. The summed E-state index contributed by atoms with van der Waals surface area (Å²) in [6.07, 6.45) is 12.5. The summed E-state index contributed by atoms with van der Waals surface area (Å²) in [6.45, 7) is 1.77. The van der Waals surface area contributed by atoms with E-state index < -0.39 is 0 Å². The molecule has 0 N–H and O–H groups in total. The van der Waals surface area contributed by atoms with Crippen LogP contribution >= 0.6 is 11.6 Å². The molecule has 2 aromatic heterocycles. The van der Waals surface area contributed by atoms with Crippen LogP contribution in [0.4, 0.5) is 5.95 Å². The second-order valence-corrected chi connectivity index (χ2v) is 7.80. The molecule has 1 saturated carbocycles. The Morgan fingerprint density at radius 3 is 2.21 bits per heavy atom. The maximum atomic E-state index is 9.11. The van der Waals surface area contributed by atoms with Crippen LogP contribution in [0.1, 0.15) is 44.2 Å². The van der Waals surface area contributed by atoms with Crippen LogP contribution < -0.4 is 9.64 Å². The van der Waals surface area contributed by atoms with Crippen molar-refractivity contribution in [1.29, 1.82) is 5.26 Å². The van der Waals surface area contributed by atoms with E-state index >= 15 is 0 Å². The Balaban J connectivity index is 1.20. The van der Waals surface area contributed by atoms with Gasteiger partial charge in [0.05, 0.1) is 29.6 Å². The molecule has 3 heterocycles. The quantitative estimate of drug-likeness (QED) is 0.735. The molecule has 4 rings (SSSR count). The highest BCUT2D eigenvalue weighted by molar-refractivity contribution is 6.30. The first-order chi connectivity index (χ1) is 14.2. The van der Waals surface area contributed by atoms with Crippen molar-refractivity contribution in [2.24, 2.45) is 0 Å². The molecule has 152 valence electrons. The molecule has 2 aliphatic rings. The number of nitriles is 1. The minimum Gasteiger partial charge on any atom is -0.472 e. The molecule has 1 aliphatic carbocycles. The number of anilines is 1. The zero-order chi connectivity index (χ0) is 20.1. The third kappa shape index (κ3) is 5.11. The number of nitrogens with zero attached hydrogens (tertiary/aromatic N) is 6. The van der Waals surface area contributed by atoms with E-state index in [4.69, 9.17) is 26.3 Å². The Labute approximate surface area is 174 Å². The van der Waals surface area contributed by atoms with Gasteiger partial charge in [0.15, 0.2) is 0 Å². The molecule has 0 atom stereocenters. The lowest BCUT2D eigenvalue weighted by Gasteiger charge is -2.36. The Bertz CT molecular complexity index is 843. The van der Waals surface area contributed by atoms with Gasteiger partial charge in [0.25, 0.3) is 5.88 Å². The van der Waals surface area contributed by atoms with Gasteiger partial charge in [-0.15, -0.1) is 0 Å². The van der Waals surface area contributed by atoms with E-state index in [2.05, 4.69) is 24.8 Å². The van der Waals surface area contributed by atoms with Gasteiger partial charge in [-0.3, -0.25) is 0 Å². The predicted molar refractivity (Wildman–Crippen MR) is 107 cm³/mol. The predicted octanol–water partition coefficient (Wildman–Crippen LogP) is 3.17. The van der Waals surface area contributed by atoms with Crippen LogP contribution in [0.15, 0.2) is 24.8 Å². The molecule has 1 aliphatic heterocycles. The van der Waals surface area contributed by atoms with E-state index in [1.165, 1.54) is 6.20 Å². The van der Waals surface area contributed by atoms with Crippen molar-refractivity contribution in [2.45, 2.75) is 56.8 Å². The summed E-state index contributed by atoms with van der Waals surface area (Å²) in [5.41, 5.74) is 0.238. The van der Waals surface area contributed by atoms with Crippen molar-refractivity contribution in [3.63, 3.8) is 0 Å². The zero-order valence-corrected chi connectivity index (χ0v) is 16.8. The Hall–Kier alpha value is -2.50. The number of rotatable bonds is 5. The summed E-state index contributed by atoms with van der Waals surface area (Å²) in [5.74, 6) is 1.06. The molecule has 2 aromatic rings. The lowest BCUT2D eigenvalue weighted by molar-refractivity contribution is -0.0532. The maximum Gasteiger partial charge on any atom is 0.251 e. The van der Waals surface area contributed by atoms with Gasteiger partial charge < -0.3 is 14.4 Å². The summed E-state index contributed by atoms with van der Waals surface area (Å²) in [5, 5.41) is 9.66. The first-order valence-corrected chi connectivity index (χ1v) is 10.3. The lowest BCUT2D eigenvalue weighted by atomic mass is 9.94. The van der Waals surface area contributed by atoms with Crippen LogP contribution in [0.3, 0.4) is 0 Å². The van der Waals surface area contributed by atoms with E-state index in [0.717, 1.165) is 57.6 Å². The van der Waals surface area contributed by atoms with Gasteiger partial charge >= 0.3 is 0 Å². The number of hydrogen-bond donors (Lipinski definition) is 0. The van der Waals surface area contributed by atoms with Crippen LogP contribution in [-0.4, -0.2) is 51.3 Å². The van der Waals surface area contributed by atoms with E-state index in [1.54, 1.807) is 18.6 Å². The van der Waals surface area contributed by atoms with Crippen molar-refractivity contribution < 1.29 is 9.47 Å². The first kappa shape index (κ1) is 19.8. The second kappa shape index (κ2) is 9.33. The minimum absolute atomic E-state index is 0.0579. The molecule has 0 bridgehead atoms. The van der Waals surface area contributed by atoms with Crippen LogP contribution in [0.25, 0.3) is 0 Å². The smallest absolute Gasteiger partial charge is 0.251 e. The minimum atomic E-state index is 0.0579. The SMILES string of the molecule is N#Cc1nccnc1OC1CCC(OC2CCN(c3ncc(Cl)cn3)CC2)CC1. The van der Waals surface area contributed by atoms with E-state index in [-0.39, 0.29) is 24.0 Å². The van der Waals surface area contributed by atoms with Gasteiger partial charge in [-0.05, 0) is 38.5 Å². The fraction of sp³-hybridized carbons (Fsp3) is 0.550. The van der Waals surface area contributed by atoms with Crippen molar-refractivity contribution in [2.75, 3.05) is 18.0 Å². The molecular weight excluding hydrogens is 392 g/mol. The van der Waals surface area contributed by atoms with E-state index in [9.17, 15) is 0 Å². The fourth-order valence-electron chi connectivity index (χ4n) is 3.87. The van der Waals surface area contributed by atoms with Crippen LogP contribution in [0.5, 0.6) is 5.88 Å². The Morgan fingerprint density at radius 1 is 0.897 bits per heavy atom. The summed E-state index contributed by atoms with van der Waals surface area (Å²) < 4.78 is 12.3. The molecule has 0 amide bonds. The summed E-state index contributed by atoms with van der Waals surface area (Å²) in [7, 11) is 0. The first-order valence-electron chi connectivity index (χ1n) is 9.97. The maximum absolute atomic E-state index is 9.11. The monoisotopic (exact) mass is 414 g/mol. The highest BCUT2D eigenvalue weighted by atomic mass is 35.5. The molecule has 0 spiro atoms. The molecule has 2 fully saturated rings. The number of aromatic nitrogens is 4. The highest BCUT2D eigenvalue weighted by Crippen LogP contribution is 2.28. The largest absolute Gasteiger partial charge is 0.472 e. The molecule has 8 nitrogen and oxygen atoms in total. The van der Waals surface area contributed by atoms with Gasteiger partial charge in [-0.25, -0.2) is 19.9 Å². The molecule has 29 heavy (non-hydrogen) atoms. The number of hydrogen-bond acceptors (Lipinski definition) is 8. The van der Waals surface area contributed by atoms with Gasteiger partial charge in [0, 0.05) is 25.5 Å². The number of ether oxygens (including phenoxy) is 2. The molecule has 0 radical (unpaired) electrons. The fourth-order valence-corrected chi connectivity index (χ4v) is 3.96. The van der Waals surface area contributed by atoms with Gasteiger partial charge in [-0.1, -0.05) is 11.6 Å². The van der Waals surface area contributed by atoms with Crippen molar-refractivity contribution in [3.05, 3.63) is 35.5 Å². The van der Waals surface area contributed by atoms with Crippen molar-refractivity contribution in [1.82, 2.24) is 19.9 Å². The second-order valence-electron chi connectivity index (χ2n) is 7.36. The third-order valence-corrected chi connectivity index (χ3v) is 5.58. The standard InChI is InChI=1S/C20H23ClN6O2/c21-14-12-25-20(26-13-14)27-9-5-17(6-10-27)28-15-1-3-16(4-2-15)29-19-18(11-22)23-7-8-24-19/h7-8,12-13,15-17H,1-6,9-10H2. The molecule has 0 aromatic carbocycles.